The minimum absolute atomic E-state index is 0.0255. The topological polar surface area (TPSA) is 109 Å². The number of aliphatic hydroxyl groups is 1. The molecule has 2 heterocycles. The Bertz CT molecular complexity index is 1040. The summed E-state index contributed by atoms with van der Waals surface area (Å²) in [4.78, 5) is 25.0. The number of carbonyl (C=O) groups excluding carboxylic acids is 2. The number of hydrogen-bond acceptors (Lipinski definition) is 5. The van der Waals surface area contributed by atoms with E-state index < -0.39 is 6.10 Å². The fourth-order valence-corrected chi connectivity index (χ4v) is 5.47. The molecule has 1 aliphatic carbocycles. The lowest BCUT2D eigenvalue weighted by Gasteiger charge is -2.37. The van der Waals surface area contributed by atoms with Crippen LogP contribution in [-0.2, 0) is 16.1 Å². The predicted molar refractivity (Wildman–Crippen MR) is 131 cm³/mol. The zero-order chi connectivity index (χ0) is 24.2. The van der Waals surface area contributed by atoms with Crippen LogP contribution >= 0.6 is 0 Å². The van der Waals surface area contributed by atoms with Crippen LogP contribution < -0.4 is 20.7 Å². The molecule has 3 amide bonds. The van der Waals surface area contributed by atoms with Crippen molar-refractivity contribution in [1.82, 2.24) is 10.6 Å². The number of carbonyl (C=O) groups is 2. The SMILES string of the molecule is O=C(C[C@@H]1C[C@@H]2c3cc(NC(=O)NC4CCCC4)ccc3O[C@@H]2[C@@H](CO)O1)NCc1ccccc1. The van der Waals surface area contributed by atoms with Crippen LogP contribution in [0.15, 0.2) is 48.5 Å². The average molecular weight is 480 g/mol. The number of ether oxygens (including phenoxy) is 2. The van der Waals surface area contributed by atoms with E-state index in [9.17, 15) is 14.7 Å². The molecule has 8 heteroatoms. The van der Waals surface area contributed by atoms with Gasteiger partial charge in [-0.2, -0.15) is 0 Å². The van der Waals surface area contributed by atoms with Crippen LogP contribution in [-0.4, -0.2) is 48.0 Å². The Morgan fingerprint density at radius 1 is 1.06 bits per heavy atom. The maximum Gasteiger partial charge on any atom is 0.319 e. The van der Waals surface area contributed by atoms with E-state index in [1.807, 2.05) is 48.5 Å². The Kier molecular flexibility index (Phi) is 7.20. The molecule has 186 valence electrons. The maximum atomic E-state index is 12.6. The molecule has 8 nitrogen and oxygen atoms in total. The van der Waals surface area contributed by atoms with E-state index in [2.05, 4.69) is 16.0 Å². The van der Waals surface area contributed by atoms with Gasteiger partial charge in [-0.1, -0.05) is 43.2 Å². The van der Waals surface area contributed by atoms with Crippen molar-refractivity contribution in [2.45, 2.75) is 75.3 Å². The second-order valence-corrected chi connectivity index (χ2v) is 9.70. The number of urea groups is 1. The van der Waals surface area contributed by atoms with Gasteiger partial charge in [-0.3, -0.25) is 4.79 Å². The molecule has 2 aromatic rings. The summed E-state index contributed by atoms with van der Waals surface area (Å²) in [6, 6.07) is 15.4. The van der Waals surface area contributed by atoms with Crippen molar-refractivity contribution in [1.29, 1.82) is 0 Å². The normalized spacial score (nSPS) is 25.3. The molecule has 1 saturated carbocycles. The van der Waals surface area contributed by atoms with Gasteiger partial charge in [-0.25, -0.2) is 4.79 Å². The number of aliphatic hydroxyl groups excluding tert-OH is 1. The molecule has 0 aromatic heterocycles. The van der Waals surface area contributed by atoms with Gasteiger partial charge in [-0.15, -0.1) is 0 Å². The molecule has 5 rings (SSSR count). The standard InChI is InChI=1S/C27H33N3O5/c31-16-24-26-22(13-20(34-24)14-25(32)28-15-17-6-2-1-3-7-17)21-12-19(10-11-23(21)35-26)30-27(33)29-18-8-4-5-9-18/h1-3,6-7,10-12,18,20,22,24,26,31H,4-5,8-9,13-16H2,(H,28,32)(H2,29,30,33)/t20-,22+,24+,26-/m0/s1. The van der Waals surface area contributed by atoms with E-state index in [4.69, 9.17) is 9.47 Å². The fourth-order valence-electron chi connectivity index (χ4n) is 5.47. The fraction of sp³-hybridized carbons (Fsp3) is 0.481. The van der Waals surface area contributed by atoms with Crippen LogP contribution in [0.2, 0.25) is 0 Å². The Hall–Kier alpha value is -3.10. The number of rotatable bonds is 7. The highest BCUT2D eigenvalue weighted by atomic mass is 16.6. The number of amides is 3. The van der Waals surface area contributed by atoms with E-state index in [0.29, 0.717) is 18.7 Å². The monoisotopic (exact) mass is 479 g/mol. The minimum Gasteiger partial charge on any atom is -0.487 e. The van der Waals surface area contributed by atoms with Crippen molar-refractivity contribution < 1.29 is 24.2 Å². The van der Waals surface area contributed by atoms with Gasteiger partial charge in [0.25, 0.3) is 0 Å². The van der Waals surface area contributed by atoms with Gasteiger partial charge < -0.3 is 30.5 Å². The lowest BCUT2D eigenvalue weighted by Crippen LogP contribution is -2.47. The number of anilines is 1. The maximum absolute atomic E-state index is 12.6. The van der Waals surface area contributed by atoms with Crippen LogP contribution in [0.3, 0.4) is 0 Å². The van der Waals surface area contributed by atoms with Crippen molar-refractivity contribution in [3.05, 3.63) is 59.7 Å². The van der Waals surface area contributed by atoms with Gasteiger partial charge in [0.05, 0.1) is 19.1 Å². The second-order valence-electron chi connectivity index (χ2n) is 9.70. The molecule has 2 aliphatic heterocycles. The van der Waals surface area contributed by atoms with Crippen molar-refractivity contribution >= 4 is 17.6 Å². The molecule has 4 atom stereocenters. The summed E-state index contributed by atoms with van der Waals surface area (Å²) in [6.45, 7) is 0.276. The number of benzene rings is 2. The number of fused-ring (bicyclic) bond motifs is 3. The highest BCUT2D eigenvalue weighted by Crippen LogP contribution is 2.47. The van der Waals surface area contributed by atoms with E-state index in [-0.39, 0.29) is 49.1 Å². The smallest absolute Gasteiger partial charge is 0.319 e. The van der Waals surface area contributed by atoms with Gasteiger partial charge in [0.15, 0.2) is 0 Å². The summed E-state index contributed by atoms with van der Waals surface area (Å²) in [7, 11) is 0. The third-order valence-corrected chi connectivity index (χ3v) is 7.19. The van der Waals surface area contributed by atoms with Crippen LogP contribution in [0.1, 0.15) is 55.6 Å². The van der Waals surface area contributed by atoms with Crippen LogP contribution in [0, 0.1) is 0 Å². The summed E-state index contributed by atoms with van der Waals surface area (Å²) in [5.41, 5.74) is 2.71. The van der Waals surface area contributed by atoms with E-state index >= 15 is 0 Å². The van der Waals surface area contributed by atoms with Crippen molar-refractivity contribution in [2.75, 3.05) is 11.9 Å². The Morgan fingerprint density at radius 3 is 2.63 bits per heavy atom. The minimum atomic E-state index is -0.518. The van der Waals surface area contributed by atoms with Crippen molar-refractivity contribution in [3.63, 3.8) is 0 Å². The molecule has 35 heavy (non-hydrogen) atoms. The second kappa shape index (κ2) is 10.7. The molecule has 0 bridgehead atoms. The van der Waals surface area contributed by atoms with Gasteiger partial charge in [-0.05, 0) is 43.0 Å². The molecular formula is C27H33N3O5. The molecule has 4 N–H and O–H groups in total. The van der Waals surface area contributed by atoms with Crippen LogP contribution in [0.4, 0.5) is 10.5 Å². The summed E-state index contributed by atoms with van der Waals surface area (Å²) in [6.07, 6.45) is 4.01. The zero-order valence-electron chi connectivity index (χ0n) is 19.7. The number of hydrogen-bond donors (Lipinski definition) is 4. The van der Waals surface area contributed by atoms with E-state index in [1.165, 1.54) is 0 Å². The summed E-state index contributed by atoms with van der Waals surface area (Å²) in [5, 5.41) is 18.9. The molecule has 3 aliphatic rings. The lowest BCUT2D eigenvalue weighted by molar-refractivity contribution is -0.142. The zero-order valence-corrected chi connectivity index (χ0v) is 19.7. The third kappa shape index (κ3) is 5.60. The Morgan fingerprint density at radius 2 is 1.86 bits per heavy atom. The van der Waals surface area contributed by atoms with Gasteiger partial charge >= 0.3 is 6.03 Å². The molecule has 0 spiro atoms. The molecule has 0 radical (unpaired) electrons. The van der Waals surface area contributed by atoms with Crippen LogP contribution in [0.5, 0.6) is 5.75 Å². The number of nitrogens with one attached hydrogen (secondary N) is 3. The largest absolute Gasteiger partial charge is 0.487 e. The molecule has 2 aromatic carbocycles. The average Bonchev–Trinajstić information content (AvgIpc) is 3.50. The molecule has 1 saturated heterocycles. The third-order valence-electron chi connectivity index (χ3n) is 7.19. The summed E-state index contributed by atoms with van der Waals surface area (Å²) >= 11 is 0. The first kappa shape index (κ1) is 23.6. The van der Waals surface area contributed by atoms with Gasteiger partial charge in [0.1, 0.15) is 18.0 Å². The van der Waals surface area contributed by atoms with E-state index in [1.54, 1.807) is 0 Å². The van der Waals surface area contributed by atoms with E-state index in [0.717, 1.165) is 42.6 Å². The molecular weight excluding hydrogens is 446 g/mol. The van der Waals surface area contributed by atoms with Gasteiger partial charge in [0, 0.05) is 29.8 Å². The summed E-state index contributed by atoms with van der Waals surface area (Å²) < 4.78 is 12.2. The lowest BCUT2D eigenvalue weighted by atomic mass is 9.84. The Labute approximate surface area is 205 Å². The first-order chi connectivity index (χ1) is 17.1. The highest BCUT2D eigenvalue weighted by molar-refractivity contribution is 5.89. The van der Waals surface area contributed by atoms with Crippen molar-refractivity contribution in [2.24, 2.45) is 0 Å². The first-order valence-corrected chi connectivity index (χ1v) is 12.5. The Balaban J connectivity index is 1.22. The first-order valence-electron chi connectivity index (χ1n) is 12.5. The van der Waals surface area contributed by atoms with Gasteiger partial charge in [0.2, 0.25) is 5.91 Å². The van der Waals surface area contributed by atoms with Crippen molar-refractivity contribution in [3.8, 4) is 5.75 Å². The quantitative estimate of drug-likeness (QED) is 0.486. The molecule has 0 unspecified atom stereocenters. The van der Waals surface area contributed by atoms with Crippen LogP contribution in [0.25, 0.3) is 0 Å². The highest BCUT2D eigenvalue weighted by Gasteiger charge is 2.46. The molecule has 2 fully saturated rings. The predicted octanol–water partition coefficient (Wildman–Crippen LogP) is 3.45. The summed E-state index contributed by atoms with van der Waals surface area (Å²) in [5.74, 6) is 0.618.